The molecule has 15 atom stereocenters. The molecule has 0 aromatic rings. The summed E-state index contributed by atoms with van der Waals surface area (Å²) in [5.41, 5.74) is 0. The Labute approximate surface area is 248 Å². The van der Waals surface area contributed by atoms with Crippen LogP contribution in [0.4, 0.5) is 0 Å². The lowest BCUT2D eigenvalue weighted by Gasteiger charge is -2.51. The van der Waals surface area contributed by atoms with Crippen molar-refractivity contribution in [3.63, 3.8) is 0 Å². The van der Waals surface area contributed by atoms with Crippen molar-refractivity contribution < 1.29 is 78.6 Å². The second-order valence-electron chi connectivity index (χ2n) is 11.9. The van der Waals surface area contributed by atoms with Gasteiger partial charge in [-0.25, -0.2) is 0 Å². The summed E-state index contributed by atoms with van der Waals surface area (Å²) in [5.74, 6) is -1.24. The van der Waals surface area contributed by atoms with Gasteiger partial charge in [0.05, 0.1) is 41.0 Å². The second kappa shape index (κ2) is 14.6. The first kappa shape index (κ1) is 35.9. The maximum absolute atomic E-state index is 12.2. The van der Waals surface area contributed by atoms with Crippen LogP contribution in [-0.2, 0) is 33.3 Å². The average Bonchev–Trinajstić information content (AvgIpc) is 2.91. The summed E-state index contributed by atoms with van der Waals surface area (Å²) in [6, 6.07) is -3.74. The van der Waals surface area contributed by atoms with Gasteiger partial charge in [0.2, 0.25) is 18.1 Å². The van der Waals surface area contributed by atoms with Crippen molar-refractivity contribution in [1.82, 2.24) is 10.6 Å². The smallest absolute Gasteiger partial charge is 0.217 e. The number of nitrogens with one attached hydrogen (secondary N) is 2. The van der Waals surface area contributed by atoms with Gasteiger partial charge in [0.15, 0.2) is 18.6 Å². The van der Waals surface area contributed by atoms with Gasteiger partial charge in [-0.15, -0.1) is 0 Å². The molecule has 10 N–H and O–H groups in total. The normalized spacial score (nSPS) is 44.1. The molecule has 18 nitrogen and oxygen atoms in total. The van der Waals surface area contributed by atoms with Crippen LogP contribution in [0, 0.1) is 0 Å². The van der Waals surface area contributed by atoms with Crippen LogP contribution in [0.2, 0.25) is 0 Å². The molecule has 0 radical (unpaired) electrons. The first-order valence-corrected chi connectivity index (χ1v) is 13.9. The molecule has 3 aliphatic heterocycles. The highest BCUT2D eigenvalue weighted by Crippen LogP contribution is 2.34. The fourth-order valence-electron chi connectivity index (χ4n) is 5.69. The number of aliphatic hydroxyl groups excluding tert-OH is 8. The maximum atomic E-state index is 12.2. The topological polar surface area (TPSA) is 266 Å². The third kappa shape index (κ3) is 7.97. The molecule has 2 amide bonds. The largest absolute Gasteiger partial charge is 0.394 e. The number of quaternary nitrogens is 1. The van der Waals surface area contributed by atoms with Crippen LogP contribution in [0.25, 0.3) is 0 Å². The Morgan fingerprint density at radius 2 is 1.09 bits per heavy atom. The number of amides is 2. The van der Waals surface area contributed by atoms with Crippen molar-refractivity contribution in [3.8, 4) is 0 Å². The molecule has 0 aromatic carbocycles. The van der Waals surface area contributed by atoms with Crippen LogP contribution in [0.3, 0.4) is 0 Å². The lowest BCUT2D eigenvalue weighted by Crippen LogP contribution is -2.72. The van der Waals surface area contributed by atoms with Crippen molar-refractivity contribution in [2.45, 2.75) is 106 Å². The Kier molecular flexibility index (Phi) is 12.2. The molecule has 0 aliphatic carbocycles. The number of hydrogen-bond acceptors (Lipinski definition) is 15. The Bertz CT molecular complexity index is 940. The number of aliphatic hydroxyl groups is 8. The van der Waals surface area contributed by atoms with E-state index in [4.69, 9.17) is 23.7 Å². The first-order chi connectivity index (χ1) is 20.0. The van der Waals surface area contributed by atoms with E-state index in [9.17, 15) is 50.4 Å². The minimum absolute atomic E-state index is 0.0127. The summed E-state index contributed by atoms with van der Waals surface area (Å²) in [7, 11) is 5.09. The van der Waals surface area contributed by atoms with Crippen molar-refractivity contribution in [2.24, 2.45) is 0 Å². The minimum atomic E-state index is -1.70. The molecule has 43 heavy (non-hydrogen) atoms. The molecular weight excluding hydrogens is 582 g/mol. The zero-order chi connectivity index (χ0) is 32.4. The van der Waals surface area contributed by atoms with E-state index in [1.54, 1.807) is 21.1 Å². The van der Waals surface area contributed by atoms with Gasteiger partial charge in [-0.1, -0.05) is 0 Å². The minimum Gasteiger partial charge on any atom is -0.394 e. The molecule has 3 fully saturated rings. The van der Waals surface area contributed by atoms with Gasteiger partial charge in [-0.2, -0.15) is 0 Å². The zero-order valence-electron chi connectivity index (χ0n) is 24.7. The number of carbonyl (C=O) groups excluding carboxylic acids is 2. The third-order valence-electron chi connectivity index (χ3n) is 7.79. The van der Waals surface area contributed by atoms with E-state index in [1.165, 1.54) is 0 Å². The molecule has 3 saturated heterocycles. The summed E-state index contributed by atoms with van der Waals surface area (Å²) in [4.78, 5) is 23.8. The lowest BCUT2D eigenvalue weighted by molar-refractivity contribution is -0.910. The van der Waals surface area contributed by atoms with Gasteiger partial charge in [-0.05, 0) is 0 Å². The number of likely N-dealkylation sites (N-methyl/N-ethyl adjacent to an activating group) is 1. The third-order valence-corrected chi connectivity index (χ3v) is 7.79. The Morgan fingerprint density at radius 3 is 1.58 bits per heavy atom. The quantitative estimate of drug-likeness (QED) is 0.101. The van der Waals surface area contributed by atoms with E-state index in [-0.39, 0.29) is 4.48 Å². The number of rotatable bonds is 10. The van der Waals surface area contributed by atoms with Gasteiger partial charge in [0, 0.05) is 13.8 Å². The molecule has 0 bridgehead atoms. The SMILES string of the molecule is CC(=O)N[C@H]1[C@H](O[C@H]2[C@H](O)[C@@H](NC(C)=O)C(O)O[C@@H]2CO)O[C@H](CO)[C@@H](O[C@@H]2O[C@H](CO)[C@@H](O)[C@H](O)[C@H]2[N+](C)(C)C)[C@@H]1O. The van der Waals surface area contributed by atoms with Crippen LogP contribution >= 0.6 is 0 Å². The van der Waals surface area contributed by atoms with E-state index in [0.29, 0.717) is 0 Å². The highest BCUT2D eigenvalue weighted by molar-refractivity contribution is 5.73. The molecule has 1 unspecified atom stereocenters. The predicted molar refractivity (Wildman–Crippen MR) is 140 cm³/mol. The molecule has 18 heteroatoms. The molecule has 3 rings (SSSR count). The van der Waals surface area contributed by atoms with Crippen LogP contribution in [-0.4, -0.2) is 190 Å². The highest BCUT2D eigenvalue weighted by atomic mass is 16.7. The van der Waals surface area contributed by atoms with Crippen molar-refractivity contribution >= 4 is 11.8 Å². The standard InChI is InChI=1S/C25H45N3O15/c1-9(32)26-14-18(35)21(12(7-30)39-23(14)38)42-24-15(27-10(2)33)19(36)22(13(8-31)41-24)43-25-16(28(3,4)5)20(37)17(34)11(6-29)40-25/h11-25,29-31,34-38H,6-8H2,1-5H3,(H-,26,27,32,33)/p+1/t11-,12-,13-,14-,15-,16-,17-,18-,19-,20-,21-,22-,23?,24+,25+/m1/s1. The van der Waals surface area contributed by atoms with E-state index in [0.717, 1.165) is 13.8 Å². The zero-order valence-corrected chi connectivity index (χ0v) is 24.7. The number of nitrogens with zero attached hydrogens (tertiary/aromatic N) is 1. The van der Waals surface area contributed by atoms with Crippen molar-refractivity contribution in [2.75, 3.05) is 41.0 Å². The molecule has 0 saturated carbocycles. The molecule has 0 aromatic heterocycles. The monoisotopic (exact) mass is 628 g/mol. The number of hydrogen-bond donors (Lipinski definition) is 10. The number of carbonyl (C=O) groups is 2. The Balaban J connectivity index is 1.91. The van der Waals surface area contributed by atoms with E-state index in [1.807, 2.05) is 0 Å². The highest BCUT2D eigenvalue weighted by Gasteiger charge is 2.56. The molecule has 3 heterocycles. The average molecular weight is 629 g/mol. The first-order valence-electron chi connectivity index (χ1n) is 13.9. The fourth-order valence-corrected chi connectivity index (χ4v) is 5.69. The fraction of sp³-hybridized carbons (Fsp3) is 0.920. The molecule has 250 valence electrons. The maximum Gasteiger partial charge on any atom is 0.217 e. The van der Waals surface area contributed by atoms with Gasteiger partial charge in [0.25, 0.3) is 0 Å². The molecule has 3 aliphatic rings. The summed E-state index contributed by atoms with van der Waals surface area (Å²) in [6.45, 7) is 0.133. The van der Waals surface area contributed by atoms with Gasteiger partial charge in [-0.3, -0.25) is 9.59 Å². The van der Waals surface area contributed by atoms with Crippen molar-refractivity contribution in [1.29, 1.82) is 0 Å². The number of ether oxygens (including phenoxy) is 5. The van der Waals surface area contributed by atoms with E-state index < -0.39 is 124 Å². The molecule has 0 spiro atoms. The van der Waals surface area contributed by atoms with Gasteiger partial charge < -0.3 is 79.7 Å². The van der Waals surface area contributed by atoms with Crippen LogP contribution < -0.4 is 10.6 Å². The summed E-state index contributed by atoms with van der Waals surface area (Å²) < 4.78 is 29.0. The summed E-state index contributed by atoms with van der Waals surface area (Å²) >= 11 is 0. The van der Waals surface area contributed by atoms with Gasteiger partial charge >= 0.3 is 0 Å². The van der Waals surface area contributed by atoms with Crippen molar-refractivity contribution in [3.05, 3.63) is 0 Å². The lowest BCUT2D eigenvalue weighted by atomic mass is 9.93. The van der Waals surface area contributed by atoms with Crippen LogP contribution in [0.5, 0.6) is 0 Å². The Hall–Kier alpha value is -1.62. The van der Waals surface area contributed by atoms with E-state index in [2.05, 4.69) is 10.6 Å². The second-order valence-corrected chi connectivity index (χ2v) is 11.9. The predicted octanol–water partition coefficient (Wildman–Crippen LogP) is -6.57. The van der Waals surface area contributed by atoms with Gasteiger partial charge in [0.1, 0.15) is 67.0 Å². The summed E-state index contributed by atoms with van der Waals surface area (Å²) in [6.07, 6.45) is -17.7. The Morgan fingerprint density at radius 1 is 0.651 bits per heavy atom. The molecular formula is C25H46N3O15+. The van der Waals surface area contributed by atoms with E-state index >= 15 is 0 Å². The van der Waals surface area contributed by atoms with Crippen LogP contribution in [0.1, 0.15) is 13.8 Å². The summed E-state index contributed by atoms with van der Waals surface area (Å²) in [5, 5.41) is 88.6. The van der Waals surface area contributed by atoms with Crippen LogP contribution in [0.15, 0.2) is 0 Å².